The monoisotopic (exact) mass is 332 g/mol. The van der Waals surface area contributed by atoms with Crippen molar-refractivity contribution in [1.82, 2.24) is 10.3 Å². The van der Waals surface area contributed by atoms with Gasteiger partial charge in [-0.05, 0) is 18.4 Å². The quantitative estimate of drug-likeness (QED) is 0.841. The van der Waals surface area contributed by atoms with Crippen LogP contribution in [0.15, 0.2) is 34.7 Å². The van der Waals surface area contributed by atoms with Crippen molar-refractivity contribution < 1.29 is 23.8 Å². The number of hydrogen-bond donors (Lipinski definition) is 2. The lowest BCUT2D eigenvalue weighted by Gasteiger charge is -2.19. The Labute approximate surface area is 139 Å². The molecule has 7 nitrogen and oxygen atoms in total. The minimum atomic E-state index is -1.17. The highest BCUT2D eigenvalue weighted by Gasteiger charge is 2.27. The fraction of sp³-hybridized carbons (Fsp3) is 0.353. The number of alkyl carbamates (subject to hydrolysis) is 1. The topological polar surface area (TPSA) is 102 Å². The maximum Gasteiger partial charge on any atom is 0.408 e. The molecule has 1 aromatic heterocycles. The summed E-state index contributed by atoms with van der Waals surface area (Å²) in [4.78, 5) is 27.1. The second-order valence-corrected chi connectivity index (χ2v) is 5.69. The molecule has 1 unspecified atom stereocenters. The van der Waals surface area contributed by atoms with E-state index in [0.717, 1.165) is 5.56 Å². The lowest BCUT2D eigenvalue weighted by atomic mass is 10.1. The van der Waals surface area contributed by atoms with Crippen LogP contribution in [-0.4, -0.2) is 22.2 Å². The Balaban J connectivity index is 2.04. The average molecular weight is 332 g/mol. The minimum absolute atomic E-state index is 0.0611. The van der Waals surface area contributed by atoms with Gasteiger partial charge in [0.05, 0.1) is 0 Å². The zero-order chi connectivity index (χ0) is 17.7. The summed E-state index contributed by atoms with van der Waals surface area (Å²) in [7, 11) is 0. The number of carbonyl (C=O) groups excluding carboxylic acids is 1. The lowest BCUT2D eigenvalue weighted by Crippen LogP contribution is -2.32. The van der Waals surface area contributed by atoms with E-state index in [1.807, 2.05) is 44.2 Å². The highest BCUT2D eigenvalue weighted by molar-refractivity contribution is 5.86. The van der Waals surface area contributed by atoms with Crippen LogP contribution in [-0.2, 0) is 11.3 Å². The molecular weight excluding hydrogens is 312 g/mol. The summed E-state index contributed by atoms with van der Waals surface area (Å²) in [6.07, 6.45) is -0.620. The first-order chi connectivity index (χ1) is 11.4. The molecule has 0 aliphatic rings. The van der Waals surface area contributed by atoms with Gasteiger partial charge in [0, 0.05) is 0 Å². The zero-order valence-electron chi connectivity index (χ0n) is 13.8. The number of hydrogen-bond acceptors (Lipinski definition) is 5. The Morgan fingerprint density at radius 3 is 2.50 bits per heavy atom. The van der Waals surface area contributed by atoms with Gasteiger partial charge in [-0.25, -0.2) is 14.6 Å². The SMILES string of the molecule is Cc1oc(C(NC(=O)OCc2ccccc2)C(C)C)nc1C(=O)O. The maximum atomic E-state index is 12.0. The van der Waals surface area contributed by atoms with Crippen molar-refractivity contribution in [3.63, 3.8) is 0 Å². The molecule has 0 aliphatic heterocycles. The molecule has 0 saturated heterocycles. The number of nitrogens with one attached hydrogen (secondary N) is 1. The number of nitrogens with zero attached hydrogens (tertiary/aromatic N) is 1. The molecule has 1 atom stereocenters. The first-order valence-electron chi connectivity index (χ1n) is 7.56. The van der Waals surface area contributed by atoms with Gasteiger partial charge in [-0.2, -0.15) is 0 Å². The molecule has 0 saturated carbocycles. The predicted molar refractivity (Wildman–Crippen MR) is 85.5 cm³/mol. The Morgan fingerprint density at radius 2 is 1.96 bits per heavy atom. The number of carboxylic acids is 1. The first-order valence-corrected chi connectivity index (χ1v) is 7.56. The Hall–Kier alpha value is -2.83. The van der Waals surface area contributed by atoms with Crippen LogP contribution < -0.4 is 5.32 Å². The van der Waals surface area contributed by atoms with E-state index in [1.165, 1.54) is 6.92 Å². The van der Waals surface area contributed by atoms with Crippen molar-refractivity contribution in [1.29, 1.82) is 0 Å². The molecular formula is C17H20N2O5. The lowest BCUT2D eigenvalue weighted by molar-refractivity contribution is 0.0689. The number of ether oxygens (including phenoxy) is 1. The van der Waals surface area contributed by atoms with Crippen LogP contribution in [0.3, 0.4) is 0 Å². The number of carbonyl (C=O) groups is 2. The fourth-order valence-electron chi connectivity index (χ4n) is 2.15. The summed E-state index contributed by atoms with van der Waals surface area (Å²) in [5.41, 5.74) is 0.712. The molecule has 7 heteroatoms. The molecule has 1 heterocycles. The largest absolute Gasteiger partial charge is 0.476 e. The second-order valence-electron chi connectivity index (χ2n) is 5.69. The van der Waals surface area contributed by atoms with Gasteiger partial charge in [0.2, 0.25) is 5.89 Å². The van der Waals surface area contributed by atoms with E-state index in [4.69, 9.17) is 14.3 Å². The Kier molecular flexibility index (Phi) is 5.57. The van der Waals surface area contributed by atoms with E-state index >= 15 is 0 Å². The van der Waals surface area contributed by atoms with Gasteiger partial charge < -0.3 is 19.6 Å². The molecule has 24 heavy (non-hydrogen) atoms. The molecule has 1 aromatic carbocycles. The summed E-state index contributed by atoms with van der Waals surface area (Å²) < 4.78 is 10.6. The number of aryl methyl sites for hydroxylation is 1. The van der Waals surface area contributed by atoms with Crippen LogP contribution in [0.1, 0.15) is 47.6 Å². The van der Waals surface area contributed by atoms with Crippen molar-refractivity contribution in [2.75, 3.05) is 0 Å². The van der Waals surface area contributed by atoms with Gasteiger partial charge in [0.25, 0.3) is 0 Å². The van der Waals surface area contributed by atoms with E-state index in [2.05, 4.69) is 10.3 Å². The number of benzene rings is 1. The van der Waals surface area contributed by atoms with E-state index < -0.39 is 18.1 Å². The number of aromatic carboxylic acids is 1. The molecule has 0 bridgehead atoms. The summed E-state index contributed by atoms with van der Waals surface area (Å²) in [6, 6.07) is 8.71. The van der Waals surface area contributed by atoms with Gasteiger partial charge in [-0.15, -0.1) is 0 Å². The van der Waals surface area contributed by atoms with E-state index in [1.54, 1.807) is 0 Å². The molecule has 0 aliphatic carbocycles. The molecule has 0 fully saturated rings. The third-order valence-corrected chi connectivity index (χ3v) is 3.43. The van der Waals surface area contributed by atoms with Crippen LogP contribution >= 0.6 is 0 Å². The average Bonchev–Trinajstić information content (AvgIpc) is 2.93. The van der Waals surface area contributed by atoms with Crippen molar-refractivity contribution in [2.24, 2.45) is 5.92 Å². The third kappa shape index (κ3) is 4.34. The smallest absolute Gasteiger partial charge is 0.408 e. The number of rotatable bonds is 6. The van der Waals surface area contributed by atoms with Gasteiger partial charge in [0.1, 0.15) is 18.4 Å². The molecule has 0 spiro atoms. The molecule has 1 amide bonds. The van der Waals surface area contributed by atoms with Crippen molar-refractivity contribution in [2.45, 2.75) is 33.4 Å². The van der Waals surface area contributed by atoms with Crippen LogP contribution in [0.5, 0.6) is 0 Å². The van der Waals surface area contributed by atoms with Crippen LogP contribution in [0.2, 0.25) is 0 Å². The summed E-state index contributed by atoms with van der Waals surface area (Å²) >= 11 is 0. The second kappa shape index (κ2) is 7.63. The number of carboxylic acid groups (broad SMARTS) is 1. The zero-order valence-corrected chi connectivity index (χ0v) is 13.8. The Morgan fingerprint density at radius 1 is 1.29 bits per heavy atom. The van der Waals surface area contributed by atoms with Crippen LogP contribution in [0.4, 0.5) is 4.79 Å². The highest BCUT2D eigenvalue weighted by Crippen LogP contribution is 2.23. The van der Waals surface area contributed by atoms with Gasteiger partial charge in [-0.1, -0.05) is 44.2 Å². The normalized spacial score (nSPS) is 12.0. The van der Waals surface area contributed by atoms with E-state index in [9.17, 15) is 9.59 Å². The molecule has 0 radical (unpaired) electrons. The van der Waals surface area contributed by atoms with Gasteiger partial charge in [0.15, 0.2) is 5.69 Å². The molecule has 2 N–H and O–H groups in total. The van der Waals surface area contributed by atoms with E-state index in [-0.39, 0.29) is 29.9 Å². The number of aromatic nitrogens is 1. The van der Waals surface area contributed by atoms with Crippen LogP contribution in [0.25, 0.3) is 0 Å². The third-order valence-electron chi connectivity index (χ3n) is 3.43. The van der Waals surface area contributed by atoms with Crippen molar-refractivity contribution in [3.8, 4) is 0 Å². The number of oxazole rings is 1. The van der Waals surface area contributed by atoms with Gasteiger partial charge in [-0.3, -0.25) is 0 Å². The Bertz CT molecular complexity index is 709. The van der Waals surface area contributed by atoms with Gasteiger partial charge >= 0.3 is 12.1 Å². The van der Waals surface area contributed by atoms with Crippen molar-refractivity contribution >= 4 is 12.1 Å². The molecule has 2 rings (SSSR count). The maximum absolute atomic E-state index is 12.0. The minimum Gasteiger partial charge on any atom is -0.476 e. The fourth-order valence-corrected chi connectivity index (χ4v) is 2.15. The van der Waals surface area contributed by atoms with Crippen LogP contribution in [0, 0.1) is 12.8 Å². The molecule has 2 aromatic rings. The number of amides is 1. The summed E-state index contributed by atoms with van der Waals surface area (Å²) in [5, 5.41) is 11.7. The van der Waals surface area contributed by atoms with E-state index in [0.29, 0.717) is 0 Å². The predicted octanol–water partition coefficient (Wildman–Crippen LogP) is 3.30. The summed E-state index contributed by atoms with van der Waals surface area (Å²) in [6.45, 7) is 5.39. The first kappa shape index (κ1) is 17.5. The standard InChI is InChI=1S/C17H20N2O5/c1-10(2)13(15-18-14(16(20)21)11(3)24-15)19-17(22)23-9-12-7-5-4-6-8-12/h4-8,10,13H,9H2,1-3H3,(H,19,22)(H,20,21). The van der Waals surface area contributed by atoms with Crippen molar-refractivity contribution in [3.05, 3.63) is 53.2 Å². The highest BCUT2D eigenvalue weighted by atomic mass is 16.5. The molecule has 128 valence electrons. The summed E-state index contributed by atoms with van der Waals surface area (Å²) in [5.74, 6) is -0.884.